The molecule has 0 aliphatic carbocycles. The molecule has 0 bridgehead atoms. The molecule has 2 aromatic rings. The highest BCUT2D eigenvalue weighted by molar-refractivity contribution is 7.89. The number of piperidine rings is 1. The Balaban J connectivity index is 1.67. The van der Waals surface area contributed by atoms with E-state index in [1.807, 2.05) is 0 Å². The van der Waals surface area contributed by atoms with Gasteiger partial charge in [-0.2, -0.15) is 4.31 Å². The minimum atomic E-state index is -3.65. The van der Waals surface area contributed by atoms with Gasteiger partial charge in [0, 0.05) is 24.0 Å². The molecule has 1 fully saturated rings. The number of halogens is 1. The number of benzene rings is 2. The summed E-state index contributed by atoms with van der Waals surface area (Å²) in [5, 5.41) is 3.22. The molecule has 1 heterocycles. The van der Waals surface area contributed by atoms with Crippen LogP contribution in [0.15, 0.2) is 47.4 Å². The van der Waals surface area contributed by atoms with Gasteiger partial charge in [0.2, 0.25) is 15.9 Å². The van der Waals surface area contributed by atoms with Crippen LogP contribution in [-0.4, -0.2) is 51.9 Å². The van der Waals surface area contributed by atoms with Crippen LogP contribution in [0.5, 0.6) is 5.75 Å². The quantitative estimate of drug-likeness (QED) is 0.656. The lowest BCUT2D eigenvalue weighted by atomic mass is 9.97. The molecule has 1 aliphatic rings. The fraction of sp³-hybridized carbons (Fsp3) is 0.333. The molecule has 0 aromatic heterocycles. The van der Waals surface area contributed by atoms with E-state index in [1.54, 1.807) is 12.1 Å². The third kappa shape index (κ3) is 5.17. The van der Waals surface area contributed by atoms with E-state index in [9.17, 15) is 18.0 Å². The Morgan fingerprint density at radius 3 is 2.29 bits per heavy atom. The van der Waals surface area contributed by atoms with Crippen LogP contribution in [0.25, 0.3) is 0 Å². The summed E-state index contributed by atoms with van der Waals surface area (Å²) in [5.41, 5.74) is 0.492. The standard InChI is InChI=1S/C21H23ClN2O6S/c1-29-16-5-8-19(18(13-16)21(26)30-2)23-20(25)14-9-11-24(12-10-14)31(27,28)17-6-3-15(22)4-7-17/h3-8,13-14H,9-12H2,1-2H3,(H,23,25). The summed E-state index contributed by atoms with van der Waals surface area (Å²) in [6.07, 6.45) is 0.727. The van der Waals surface area contributed by atoms with Crippen molar-refractivity contribution in [2.75, 3.05) is 32.6 Å². The maximum absolute atomic E-state index is 12.8. The molecular weight excluding hydrogens is 444 g/mol. The molecule has 3 rings (SSSR count). The molecule has 1 aliphatic heterocycles. The first kappa shape index (κ1) is 23.1. The number of methoxy groups -OCH3 is 2. The van der Waals surface area contributed by atoms with E-state index in [2.05, 4.69) is 5.32 Å². The second kappa shape index (κ2) is 9.67. The van der Waals surface area contributed by atoms with Gasteiger partial charge in [0.1, 0.15) is 5.75 Å². The van der Waals surface area contributed by atoms with Crippen LogP contribution in [0.1, 0.15) is 23.2 Å². The smallest absolute Gasteiger partial charge is 0.340 e. The largest absolute Gasteiger partial charge is 0.497 e. The molecule has 8 nitrogen and oxygen atoms in total. The SMILES string of the molecule is COC(=O)c1cc(OC)ccc1NC(=O)C1CCN(S(=O)(=O)c2ccc(Cl)cc2)CC1. The van der Waals surface area contributed by atoms with Gasteiger partial charge in [-0.3, -0.25) is 4.79 Å². The van der Waals surface area contributed by atoms with Crippen molar-refractivity contribution in [2.24, 2.45) is 5.92 Å². The third-order valence-corrected chi connectivity index (χ3v) is 7.33. The summed E-state index contributed by atoms with van der Waals surface area (Å²) in [7, 11) is -0.921. The van der Waals surface area contributed by atoms with Crippen molar-refractivity contribution in [3.05, 3.63) is 53.1 Å². The van der Waals surface area contributed by atoms with E-state index in [-0.39, 0.29) is 35.4 Å². The van der Waals surface area contributed by atoms with Crippen molar-refractivity contribution in [3.63, 3.8) is 0 Å². The number of sulfonamides is 1. The second-order valence-electron chi connectivity index (χ2n) is 7.02. The Kier molecular flexibility index (Phi) is 7.19. The van der Waals surface area contributed by atoms with Crippen molar-refractivity contribution in [2.45, 2.75) is 17.7 Å². The highest BCUT2D eigenvalue weighted by Gasteiger charge is 2.32. The summed E-state index contributed by atoms with van der Waals surface area (Å²) in [5.74, 6) is -0.805. The lowest BCUT2D eigenvalue weighted by Gasteiger charge is -2.30. The number of hydrogen-bond donors (Lipinski definition) is 1. The lowest BCUT2D eigenvalue weighted by Crippen LogP contribution is -2.41. The van der Waals surface area contributed by atoms with Crippen LogP contribution in [-0.2, 0) is 19.6 Å². The van der Waals surface area contributed by atoms with Gasteiger partial charge < -0.3 is 14.8 Å². The van der Waals surface area contributed by atoms with Gasteiger partial charge in [0.25, 0.3) is 0 Å². The first-order valence-corrected chi connectivity index (χ1v) is 11.4. The van der Waals surface area contributed by atoms with E-state index in [0.29, 0.717) is 29.3 Å². The monoisotopic (exact) mass is 466 g/mol. The number of anilines is 1. The average molecular weight is 467 g/mol. The molecule has 31 heavy (non-hydrogen) atoms. The predicted molar refractivity (Wildman–Crippen MR) is 116 cm³/mol. The summed E-state index contributed by atoms with van der Waals surface area (Å²) < 4.78 is 36.9. The molecule has 2 aromatic carbocycles. The summed E-state index contributed by atoms with van der Waals surface area (Å²) >= 11 is 5.84. The van der Waals surface area contributed by atoms with Gasteiger partial charge in [-0.25, -0.2) is 13.2 Å². The Morgan fingerprint density at radius 2 is 1.71 bits per heavy atom. The van der Waals surface area contributed by atoms with Crippen molar-refractivity contribution in [1.82, 2.24) is 4.31 Å². The van der Waals surface area contributed by atoms with Crippen LogP contribution in [0, 0.1) is 5.92 Å². The average Bonchev–Trinajstić information content (AvgIpc) is 2.79. The first-order valence-electron chi connectivity index (χ1n) is 9.59. The van der Waals surface area contributed by atoms with Gasteiger partial charge in [-0.1, -0.05) is 11.6 Å². The maximum Gasteiger partial charge on any atom is 0.340 e. The number of ether oxygens (including phenoxy) is 2. The molecule has 10 heteroatoms. The van der Waals surface area contributed by atoms with E-state index in [1.165, 1.54) is 48.9 Å². The molecule has 0 atom stereocenters. The van der Waals surface area contributed by atoms with Crippen molar-refractivity contribution in [3.8, 4) is 5.75 Å². The molecule has 0 unspecified atom stereocenters. The number of esters is 1. The zero-order valence-electron chi connectivity index (χ0n) is 17.1. The Labute approximate surface area is 186 Å². The van der Waals surface area contributed by atoms with Gasteiger partial charge in [0.05, 0.1) is 30.4 Å². The molecule has 0 radical (unpaired) electrons. The van der Waals surface area contributed by atoms with Gasteiger partial charge in [0.15, 0.2) is 0 Å². The number of rotatable bonds is 6. The van der Waals surface area contributed by atoms with Crippen molar-refractivity contribution >= 4 is 39.2 Å². The molecule has 166 valence electrons. The molecule has 1 amide bonds. The second-order valence-corrected chi connectivity index (χ2v) is 9.40. The number of hydrogen-bond acceptors (Lipinski definition) is 6. The zero-order valence-corrected chi connectivity index (χ0v) is 18.7. The molecule has 1 N–H and O–H groups in total. The van der Waals surface area contributed by atoms with Crippen LogP contribution in [0.3, 0.4) is 0 Å². The van der Waals surface area contributed by atoms with Crippen molar-refractivity contribution < 1.29 is 27.5 Å². The number of carbonyl (C=O) groups excluding carboxylic acids is 2. The van der Waals surface area contributed by atoms with Gasteiger partial charge in [-0.05, 0) is 55.3 Å². The maximum atomic E-state index is 12.8. The minimum absolute atomic E-state index is 0.167. The fourth-order valence-corrected chi connectivity index (χ4v) is 4.98. The van der Waals surface area contributed by atoms with E-state index < -0.39 is 16.0 Å². The van der Waals surface area contributed by atoms with Crippen LogP contribution < -0.4 is 10.1 Å². The molecular formula is C21H23ClN2O6S. The molecule has 0 saturated carbocycles. The third-order valence-electron chi connectivity index (χ3n) is 5.17. The Bertz CT molecular complexity index is 1060. The minimum Gasteiger partial charge on any atom is -0.497 e. The van der Waals surface area contributed by atoms with Gasteiger partial charge >= 0.3 is 5.97 Å². The Hall–Kier alpha value is -2.62. The number of amides is 1. The van der Waals surface area contributed by atoms with Crippen LogP contribution in [0.2, 0.25) is 5.02 Å². The van der Waals surface area contributed by atoms with E-state index >= 15 is 0 Å². The lowest BCUT2D eigenvalue weighted by molar-refractivity contribution is -0.120. The summed E-state index contributed by atoms with van der Waals surface area (Å²) in [6.45, 7) is 0.436. The molecule has 1 saturated heterocycles. The predicted octanol–water partition coefficient (Wildman–Crippen LogP) is 3.17. The number of nitrogens with one attached hydrogen (secondary N) is 1. The van der Waals surface area contributed by atoms with E-state index in [4.69, 9.17) is 21.1 Å². The Morgan fingerprint density at radius 1 is 1.06 bits per heavy atom. The fourth-order valence-electron chi connectivity index (χ4n) is 3.39. The van der Waals surface area contributed by atoms with E-state index in [0.717, 1.165) is 0 Å². The topological polar surface area (TPSA) is 102 Å². The number of nitrogens with zero attached hydrogens (tertiary/aromatic N) is 1. The highest BCUT2D eigenvalue weighted by Crippen LogP contribution is 2.27. The van der Waals surface area contributed by atoms with Crippen LogP contribution >= 0.6 is 11.6 Å². The van der Waals surface area contributed by atoms with Gasteiger partial charge in [-0.15, -0.1) is 0 Å². The normalized spacial score (nSPS) is 15.3. The van der Waals surface area contributed by atoms with Crippen molar-refractivity contribution in [1.29, 1.82) is 0 Å². The van der Waals surface area contributed by atoms with Crippen LogP contribution in [0.4, 0.5) is 5.69 Å². The number of carbonyl (C=O) groups is 2. The summed E-state index contributed by atoms with van der Waals surface area (Å²) in [6, 6.07) is 10.7. The molecule has 0 spiro atoms. The zero-order chi connectivity index (χ0) is 22.6. The first-order chi connectivity index (χ1) is 14.8. The highest BCUT2D eigenvalue weighted by atomic mass is 35.5. The summed E-state index contributed by atoms with van der Waals surface area (Å²) in [4.78, 5) is 25.0.